The van der Waals surface area contributed by atoms with E-state index in [9.17, 15) is 4.79 Å². The number of benzene rings is 2. The Labute approximate surface area is 252 Å². The van der Waals surface area contributed by atoms with E-state index in [4.69, 9.17) is 10.2 Å². The molecule has 0 atom stereocenters. The molecule has 1 aliphatic rings. The molecule has 206 valence electrons. The van der Waals surface area contributed by atoms with Crippen molar-refractivity contribution in [2.75, 3.05) is 20.1 Å². The van der Waals surface area contributed by atoms with Gasteiger partial charge < -0.3 is 0 Å². The molecule has 0 radical (unpaired) electrons. The van der Waals surface area contributed by atoms with E-state index in [0.29, 0.717) is 13.1 Å². The Morgan fingerprint density at radius 2 is 1.10 bits per heavy atom. The van der Waals surface area contributed by atoms with Crippen LogP contribution in [0.15, 0.2) is 119 Å². The molecule has 7 rings (SSSR count). The third-order valence-electron chi connectivity index (χ3n) is 7.16. The molecule has 4 aromatic heterocycles. The fourth-order valence-electron chi connectivity index (χ4n) is 5.21. The summed E-state index contributed by atoms with van der Waals surface area (Å²) in [5.74, 6) is 0.0577. The van der Waals surface area contributed by atoms with E-state index < -0.39 is 0 Å². The van der Waals surface area contributed by atoms with Gasteiger partial charge in [0, 0.05) is 47.8 Å². The van der Waals surface area contributed by atoms with Gasteiger partial charge in [0.1, 0.15) is 11.4 Å². The van der Waals surface area contributed by atoms with Gasteiger partial charge in [0.25, 0.3) is 0 Å². The number of aromatic nitrogens is 4. The number of Topliss-reactive ketones (excluding diaryl/α,β-unsaturated/α-hetero) is 1. The van der Waals surface area contributed by atoms with E-state index in [2.05, 4.69) is 34.8 Å². The van der Waals surface area contributed by atoms with Crippen LogP contribution in [0.4, 0.5) is 0 Å². The lowest BCUT2D eigenvalue weighted by Gasteiger charge is -2.26. The molecule has 1 fully saturated rings. The van der Waals surface area contributed by atoms with Crippen LogP contribution >= 0.6 is 22.7 Å². The largest absolute Gasteiger partial charge is 0.298 e. The van der Waals surface area contributed by atoms with Crippen molar-refractivity contribution in [2.45, 2.75) is 0 Å². The van der Waals surface area contributed by atoms with Crippen molar-refractivity contribution in [2.24, 2.45) is 0 Å². The summed E-state index contributed by atoms with van der Waals surface area (Å²) in [6, 6.07) is 28.3. The normalized spacial score (nSPS) is 16.1. The second kappa shape index (κ2) is 11.3. The Kier molecular flexibility index (Phi) is 7.09. The van der Waals surface area contributed by atoms with E-state index in [1.54, 1.807) is 22.7 Å². The molecule has 42 heavy (non-hydrogen) atoms. The maximum Gasteiger partial charge on any atom is 0.187 e. The number of nitrogens with zero attached hydrogens (tertiary/aromatic N) is 5. The molecular formula is C34H27N5OS2. The van der Waals surface area contributed by atoms with E-state index >= 15 is 0 Å². The quantitative estimate of drug-likeness (QED) is 0.190. The first kappa shape index (κ1) is 26.3. The van der Waals surface area contributed by atoms with Crippen molar-refractivity contribution in [3.63, 3.8) is 0 Å². The molecule has 1 saturated heterocycles. The number of piperidine rings is 1. The van der Waals surface area contributed by atoms with Gasteiger partial charge >= 0.3 is 0 Å². The minimum atomic E-state index is 0.0577. The van der Waals surface area contributed by atoms with Crippen LogP contribution < -0.4 is 0 Å². The molecule has 6 nitrogen and oxygen atoms in total. The molecule has 0 aliphatic carbocycles. The number of hydrogen-bond donors (Lipinski definition) is 0. The molecule has 0 unspecified atom stereocenters. The van der Waals surface area contributed by atoms with Gasteiger partial charge in [-0.3, -0.25) is 9.69 Å². The number of likely N-dealkylation sites (tertiary alicyclic amines) is 1. The zero-order chi connectivity index (χ0) is 28.5. The van der Waals surface area contributed by atoms with E-state index in [0.717, 1.165) is 54.8 Å². The summed E-state index contributed by atoms with van der Waals surface area (Å²) in [4.78, 5) is 18.3. The second-order valence-corrected chi connectivity index (χ2v) is 12.1. The van der Waals surface area contributed by atoms with Crippen molar-refractivity contribution < 1.29 is 4.79 Å². The van der Waals surface area contributed by atoms with Crippen LogP contribution in [0.25, 0.3) is 44.7 Å². The van der Waals surface area contributed by atoms with Crippen molar-refractivity contribution in [3.05, 3.63) is 130 Å². The summed E-state index contributed by atoms with van der Waals surface area (Å²) in [6.07, 6.45) is 8.06. The highest BCUT2D eigenvalue weighted by atomic mass is 32.1. The highest BCUT2D eigenvalue weighted by Gasteiger charge is 2.26. The molecule has 0 spiro atoms. The van der Waals surface area contributed by atoms with Crippen molar-refractivity contribution >= 4 is 40.6 Å². The summed E-state index contributed by atoms with van der Waals surface area (Å²) < 4.78 is 3.78. The Morgan fingerprint density at radius 1 is 0.643 bits per heavy atom. The van der Waals surface area contributed by atoms with E-state index in [1.807, 2.05) is 107 Å². The van der Waals surface area contributed by atoms with Crippen LogP contribution in [0.5, 0.6) is 0 Å². The Morgan fingerprint density at radius 3 is 1.50 bits per heavy atom. The number of carbonyl (C=O) groups excluding carboxylic acids is 1. The molecule has 0 N–H and O–H groups in total. The van der Waals surface area contributed by atoms with Crippen LogP contribution in [0.3, 0.4) is 0 Å². The second-order valence-electron chi connectivity index (χ2n) is 10.2. The van der Waals surface area contributed by atoms with Gasteiger partial charge in [0.2, 0.25) is 0 Å². The molecule has 6 aromatic rings. The summed E-state index contributed by atoms with van der Waals surface area (Å²) >= 11 is 3.29. The van der Waals surface area contributed by atoms with Gasteiger partial charge in [-0.25, -0.2) is 9.36 Å². The van der Waals surface area contributed by atoms with Crippen molar-refractivity contribution in [1.82, 2.24) is 24.5 Å². The zero-order valence-electron chi connectivity index (χ0n) is 22.9. The predicted octanol–water partition coefficient (Wildman–Crippen LogP) is 7.50. The number of thiophene rings is 2. The van der Waals surface area contributed by atoms with Crippen molar-refractivity contribution in [1.29, 1.82) is 0 Å². The average Bonchev–Trinajstić information content (AvgIpc) is 3.83. The molecule has 0 bridgehead atoms. The number of para-hydroxylation sites is 2. The lowest BCUT2D eigenvalue weighted by Crippen LogP contribution is -2.34. The molecular weight excluding hydrogens is 559 g/mol. The Balaban J connectivity index is 1.29. The summed E-state index contributed by atoms with van der Waals surface area (Å²) in [7, 11) is 2.05. The molecule has 1 aliphatic heterocycles. The van der Waals surface area contributed by atoms with Crippen LogP contribution in [-0.4, -0.2) is 50.4 Å². The standard InChI is InChI=1S/C34H27N5OS2/c1-37-20-26(18-24-22-38(28-10-4-2-5-11-28)35-32(24)30-14-8-16-41-30)34(40)27(21-37)19-25-23-39(29-12-6-3-7-13-29)36-33(25)31-15-9-17-42-31/h2-19,22-23H,20-21H2,1H3/b26-18+,27-19+. The van der Waals surface area contributed by atoms with Crippen LogP contribution in [0.2, 0.25) is 0 Å². The lowest BCUT2D eigenvalue weighted by atomic mass is 9.94. The van der Waals surface area contributed by atoms with E-state index in [1.165, 1.54) is 0 Å². The van der Waals surface area contributed by atoms with Gasteiger partial charge in [0.05, 0.1) is 21.1 Å². The van der Waals surface area contributed by atoms with Crippen LogP contribution in [0.1, 0.15) is 11.1 Å². The SMILES string of the molecule is CN1C/C(=C\c2cn(-c3ccccc3)nc2-c2cccs2)C(=O)/C(=C/c2cn(-c3ccccc3)nc2-c2cccs2)C1. The lowest BCUT2D eigenvalue weighted by molar-refractivity contribution is -0.113. The first-order valence-electron chi connectivity index (χ1n) is 13.6. The van der Waals surface area contributed by atoms with Gasteiger partial charge in [0.15, 0.2) is 5.78 Å². The highest BCUT2D eigenvalue weighted by Crippen LogP contribution is 2.33. The van der Waals surface area contributed by atoms with Crippen LogP contribution in [-0.2, 0) is 4.79 Å². The molecule has 0 saturated carbocycles. The average molecular weight is 586 g/mol. The first-order chi connectivity index (χ1) is 20.6. The third kappa shape index (κ3) is 5.23. The summed E-state index contributed by atoms with van der Waals surface area (Å²) in [5.41, 5.74) is 7.04. The number of ketones is 1. The molecule has 0 amide bonds. The highest BCUT2D eigenvalue weighted by molar-refractivity contribution is 7.13. The topological polar surface area (TPSA) is 56.0 Å². The fourth-order valence-corrected chi connectivity index (χ4v) is 6.67. The zero-order valence-corrected chi connectivity index (χ0v) is 24.6. The smallest absolute Gasteiger partial charge is 0.187 e. The van der Waals surface area contributed by atoms with E-state index in [-0.39, 0.29) is 5.78 Å². The van der Waals surface area contributed by atoms with Gasteiger partial charge in [-0.1, -0.05) is 48.5 Å². The number of rotatable bonds is 6. The monoisotopic (exact) mass is 585 g/mol. The minimum Gasteiger partial charge on any atom is -0.298 e. The Bertz CT molecular complexity index is 1760. The summed E-state index contributed by atoms with van der Waals surface area (Å²) in [5, 5.41) is 13.9. The predicted molar refractivity (Wildman–Crippen MR) is 172 cm³/mol. The molecule has 5 heterocycles. The van der Waals surface area contributed by atoms with Gasteiger partial charge in [-0.2, -0.15) is 10.2 Å². The number of hydrogen-bond acceptors (Lipinski definition) is 6. The third-order valence-corrected chi connectivity index (χ3v) is 8.91. The number of carbonyl (C=O) groups is 1. The van der Waals surface area contributed by atoms with Crippen LogP contribution in [0, 0.1) is 0 Å². The first-order valence-corrected chi connectivity index (χ1v) is 15.4. The van der Waals surface area contributed by atoms with Gasteiger partial charge in [-0.05, 0) is 66.4 Å². The minimum absolute atomic E-state index is 0.0577. The molecule has 8 heteroatoms. The fraction of sp³-hybridized carbons (Fsp3) is 0.0882. The summed E-state index contributed by atoms with van der Waals surface area (Å²) in [6.45, 7) is 1.13. The number of likely N-dealkylation sites (N-methyl/N-ethyl adjacent to an activating group) is 1. The Hall–Kier alpha value is -4.63. The maximum atomic E-state index is 14.0. The van der Waals surface area contributed by atoms with Crippen molar-refractivity contribution in [3.8, 4) is 32.5 Å². The molecule has 2 aromatic carbocycles. The van der Waals surface area contributed by atoms with Gasteiger partial charge in [-0.15, -0.1) is 22.7 Å². The maximum absolute atomic E-state index is 14.0.